The van der Waals surface area contributed by atoms with Gasteiger partial charge in [-0.15, -0.1) is 21.5 Å². The highest BCUT2D eigenvalue weighted by atomic mass is 32.1. The molecule has 0 aliphatic heterocycles. The van der Waals surface area contributed by atoms with E-state index < -0.39 is 0 Å². The lowest BCUT2D eigenvalue weighted by atomic mass is 10.2. The fourth-order valence-corrected chi connectivity index (χ4v) is 3.06. The average Bonchev–Trinajstić information content (AvgIpc) is 3.14. The zero-order valence-corrected chi connectivity index (χ0v) is 11.9. The molecular formula is C15H11N5S. The smallest absolute Gasteiger partial charge is 0.204 e. The minimum absolute atomic E-state index is 0.541. The number of tetrazole rings is 1. The third kappa shape index (κ3) is 2.41. The van der Waals surface area contributed by atoms with Crippen LogP contribution in [-0.2, 0) is 6.54 Å². The summed E-state index contributed by atoms with van der Waals surface area (Å²) in [6, 6.07) is 17.9. The summed E-state index contributed by atoms with van der Waals surface area (Å²) in [6.45, 7) is 0.541. The fraction of sp³-hybridized carbons (Fsp3) is 0.0667. The van der Waals surface area contributed by atoms with Crippen molar-refractivity contribution in [2.75, 3.05) is 0 Å². The monoisotopic (exact) mass is 293 g/mol. The summed E-state index contributed by atoms with van der Waals surface area (Å²) in [7, 11) is 0. The topological polar surface area (TPSA) is 56.5 Å². The first-order valence-electron chi connectivity index (χ1n) is 6.56. The third-order valence-electron chi connectivity index (χ3n) is 3.10. The van der Waals surface area contributed by atoms with Crippen molar-refractivity contribution in [3.63, 3.8) is 0 Å². The van der Waals surface area contributed by atoms with Gasteiger partial charge in [-0.1, -0.05) is 42.5 Å². The van der Waals surface area contributed by atoms with Gasteiger partial charge in [0, 0.05) is 5.56 Å². The molecule has 0 amide bonds. The summed E-state index contributed by atoms with van der Waals surface area (Å²) < 4.78 is 1.18. The number of fused-ring (bicyclic) bond motifs is 1. The van der Waals surface area contributed by atoms with Crippen molar-refractivity contribution in [3.8, 4) is 11.4 Å². The van der Waals surface area contributed by atoms with E-state index in [0.29, 0.717) is 12.4 Å². The molecule has 5 nitrogen and oxygen atoms in total. The molecule has 0 N–H and O–H groups in total. The highest BCUT2D eigenvalue weighted by Crippen LogP contribution is 2.22. The second-order valence-electron chi connectivity index (χ2n) is 4.58. The largest absolute Gasteiger partial charge is 0.239 e. The molecule has 21 heavy (non-hydrogen) atoms. The van der Waals surface area contributed by atoms with E-state index >= 15 is 0 Å². The molecule has 102 valence electrons. The van der Waals surface area contributed by atoms with Crippen molar-refractivity contribution >= 4 is 21.6 Å². The van der Waals surface area contributed by atoms with Gasteiger partial charge in [0.05, 0.1) is 10.2 Å². The van der Waals surface area contributed by atoms with Crippen molar-refractivity contribution in [1.82, 2.24) is 25.2 Å². The summed E-state index contributed by atoms with van der Waals surface area (Å²) in [5.74, 6) is 0.636. The van der Waals surface area contributed by atoms with Gasteiger partial charge in [0.25, 0.3) is 0 Å². The molecule has 0 fully saturated rings. The van der Waals surface area contributed by atoms with Gasteiger partial charge in [-0.2, -0.15) is 4.80 Å². The number of thiazole rings is 1. The third-order valence-corrected chi connectivity index (χ3v) is 4.12. The molecule has 4 aromatic rings. The van der Waals surface area contributed by atoms with Crippen LogP contribution in [0.5, 0.6) is 0 Å². The van der Waals surface area contributed by atoms with E-state index in [1.807, 2.05) is 48.5 Å². The average molecular weight is 293 g/mol. The Labute approximate surface area is 124 Å². The first-order chi connectivity index (χ1) is 10.4. The Bertz CT molecular complexity index is 848. The van der Waals surface area contributed by atoms with Gasteiger partial charge in [0.1, 0.15) is 11.6 Å². The van der Waals surface area contributed by atoms with Crippen LogP contribution in [0.15, 0.2) is 54.6 Å². The first kappa shape index (κ1) is 12.2. The van der Waals surface area contributed by atoms with E-state index in [1.54, 1.807) is 16.1 Å². The predicted octanol–water partition coefficient (Wildman–Crippen LogP) is 3.00. The zero-order chi connectivity index (χ0) is 14.1. The SMILES string of the molecule is c1ccc(-c2nnn(Cc3nc4ccccc4s3)n2)cc1. The number of rotatable bonds is 3. The van der Waals surface area contributed by atoms with Crippen molar-refractivity contribution in [2.24, 2.45) is 0 Å². The van der Waals surface area contributed by atoms with Crippen LogP contribution in [-0.4, -0.2) is 25.2 Å². The molecular weight excluding hydrogens is 282 g/mol. The fourth-order valence-electron chi connectivity index (χ4n) is 2.12. The van der Waals surface area contributed by atoms with Crippen LogP contribution in [0, 0.1) is 0 Å². The molecule has 0 radical (unpaired) electrons. The molecule has 0 atom stereocenters. The van der Waals surface area contributed by atoms with Crippen LogP contribution < -0.4 is 0 Å². The van der Waals surface area contributed by atoms with E-state index in [4.69, 9.17) is 0 Å². The van der Waals surface area contributed by atoms with Gasteiger partial charge in [-0.25, -0.2) is 4.98 Å². The molecule has 2 heterocycles. The number of hydrogen-bond donors (Lipinski definition) is 0. The lowest BCUT2D eigenvalue weighted by Crippen LogP contribution is -2.03. The zero-order valence-electron chi connectivity index (χ0n) is 11.0. The Kier molecular flexibility index (Phi) is 2.93. The second kappa shape index (κ2) is 5.06. The van der Waals surface area contributed by atoms with Crippen LogP contribution in [0.2, 0.25) is 0 Å². The lowest BCUT2D eigenvalue weighted by molar-refractivity contribution is 0.571. The number of hydrogen-bond acceptors (Lipinski definition) is 5. The predicted molar refractivity (Wildman–Crippen MR) is 82.0 cm³/mol. The Hall–Kier alpha value is -2.60. The molecule has 0 saturated carbocycles. The highest BCUT2D eigenvalue weighted by Gasteiger charge is 2.08. The molecule has 0 aliphatic carbocycles. The second-order valence-corrected chi connectivity index (χ2v) is 5.70. The maximum Gasteiger partial charge on any atom is 0.204 e. The molecule has 0 saturated heterocycles. The van der Waals surface area contributed by atoms with Gasteiger partial charge < -0.3 is 0 Å². The van der Waals surface area contributed by atoms with Crippen LogP contribution in [0.3, 0.4) is 0 Å². The van der Waals surface area contributed by atoms with Crippen LogP contribution >= 0.6 is 11.3 Å². The standard InChI is InChI=1S/C15H11N5S/c1-2-6-11(7-3-1)15-17-19-20(18-15)10-14-16-12-8-4-5-9-13(12)21-14/h1-9H,10H2. The number of aromatic nitrogens is 5. The molecule has 0 spiro atoms. The summed E-state index contributed by atoms with van der Waals surface area (Å²) in [4.78, 5) is 6.16. The first-order valence-corrected chi connectivity index (χ1v) is 7.38. The Morgan fingerprint density at radius 3 is 2.62 bits per heavy atom. The molecule has 4 rings (SSSR count). The normalized spacial score (nSPS) is 11.0. The van der Waals surface area contributed by atoms with Crippen molar-refractivity contribution in [1.29, 1.82) is 0 Å². The molecule has 6 heteroatoms. The van der Waals surface area contributed by atoms with Gasteiger partial charge in [0.2, 0.25) is 5.82 Å². The van der Waals surface area contributed by atoms with Gasteiger partial charge in [-0.3, -0.25) is 0 Å². The Morgan fingerprint density at radius 1 is 0.952 bits per heavy atom. The van der Waals surface area contributed by atoms with Gasteiger partial charge >= 0.3 is 0 Å². The van der Waals surface area contributed by atoms with Crippen molar-refractivity contribution in [3.05, 3.63) is 59.6 Å². The van der Waals surface area contributed by atoms with Crippen LogP contribution in [0.4, 0.5) is 0 Å². The number of benzene rings is 2. The number of para-hydroxylation sites is 1. The molecule has 0 aliphatic rings. The maximum absolute atomic E-state index is 4.58. The van der Waals surface area contributed by atoms with E-state index in [2.05, 4.69) is 26.5 Å². The molecule has 2 aromatic heterocycles. The highest BCUT2D eigenvalue weighted by molar-refractivity contribution is 7.18. The number of nitrogens with zero attached hydrogens (tertiary/aromatic N) is 5. The van der Waals surface area contributed by atoms with Crippen molar-refractivity contribution < 1.29 is 0 Å². The molecule has 0 unspecified atom stereocenters. The summed E-state index contributed by atoms with van der Waals surface area (Å²) in [5, 5.41) is 13.6. The minimum Gasteiger partial charge on any atom is -0.239 e. The maximum atomic E-state index is 4.58. The lowest BCUT2D eigenvalue weighted by Gasteiger charge is -1.93. The van der Waals surface area contributed by atoms with Crippen LogP contribution in [0.1, 0.15) is 5.01 Å². The quantitative estimate of drug-likeness (QED) is 0.582. The van der Waals surface area contributed by atoms with E-state index in [-0.39, 0.29) is 0 Å². The summed E-state index contributed by atoms with van der Waals surface area (Å²) >= 11 is 1.66. The van der Waals surface area contributed by atoms with E-state index in [1.165, 1.54) is 4.70 Å². The Morgan fingerprint density at radius 2 is 1.76 bits per heavy atom. The van der Waals surface area contributed by atoms with Gasteiger partial charge in [0.15, 0.2) is 0 Å². The molecule has 0 bridgehead atoms. The van der Waals surface area contributed by atoms with E-state index in [0.717, 1.165) is 16.1 Å². The minimum atomic E-state index is 0.541. The summed E-state index contributed by atoms with van der Waals surface area (Å²) in [5.41, 5.74) is 1.98. The van der Waals surface area contributed by atoms with Gasteiger partial charge in [-0.05, 0) is 17.3 Å². The summed E-state index contributed by atoms with van der Waals surface area (Å²) in [6.07, 6.45) is 0. The van der Waals surface area contributed by atoms with Crippen LogP contribution in [0.25, 0.3) is 21.6 Å². The Balaban J connectivity index is 1.61. The molecule has 2 aromatic carbocycles. The van der Waals surface area contributed by atoms with E-state index in [9.17, 15) is 0 Å². The van der Waals surface area contributed by atoms with Crippen molar-refractivity contribution in [2.45, 2.75) is 6.54 Å².